The van der Waals surface area contributed by atoms with Crippen molar-refractivity contribution in [3.05, 3.63) is 111 Å². The number of hydrogen-bond acceptors (Lipinski definition) is 7. The van der Waals surface area contributed by atoms with E-state index >= 15 is 0 Å². The van der Waals surface area contributed by atoms with Gasteiger partial charge in [-0.2, -0.15) is 0 Å². The van der Waals surface area contributed by atoms with Crippen molar-refractivity contribution in [3.8, 4) is 11.4 Å². The molecule has 1 saturated carbocycles. The van der Waals surface area contributed by atoms with Crippen LogP contribution in [0, 0.1) is 45.1 Å². The highest BCUT2D eigenvalue weighted by atomic mass is 16.5. The summed E-state index contributed by atoms with van der Waals surface area (Å²) in [7, 11) is 0. The minimum Gasteiger partial charge on any atom is -0.459 e. The largest absolute Gasteiger partial charge is 0.459 e. The second-order valence-electron chi connectivity index (χ2n) is 17.1. The monoisotopic (exact) mass is 738 g/mol. The van der Waals surface area contributed by atoms with Crippen LogP contribution in [0.2, 0.25) is 0 Å². The van der Waals surface area contributed by atoms with Gasteiger partial charge in [0.1, 0.15) is 11.7 Å². The van der Waals surface area contributed by atoms with Crippen molar-refractivity contribution < 1.29 is 14.6 Å². The number of benzene rings is 3. The average Bonchev–Trinajstić information content (AvgIpc) is 3.68. The van der Waals surface area contributed by atoms with Crippen LogP contribution in [0.5, 0.6) is 0 Å². The lowest BCUT2D eigenvalue weighted by Gasteiger charge is -2.47. The zero-order chi connectivity index (χ0) is 39.3. The Morgan fingerprint density at radius 1 is 0.982 bits per heavy atom. The summed E-state index contributed by atoms with van der Waals surface area (Å²) in [5, 5.41) is 14.9. The Bertz CT molecular complexity index is 2250. The summed E-state index contributed by atoms with van der Waals surface area (Å²) in [6.45, 7) is 28.5. The number of hydrogen-bond donors (Lipinski definition) is 1. The van der Waals surface area contributed by atoms with E-state index in [2.05, 4.69) is 115 Å². The second kappa shape index (κ2) is 14.9. The van der Waals surface area contributed by atoms with Gasteiger partial charge in [0, 0.05) is 23.3 Å². The number of aromatic nitrogens is 3. The smallest absolute Gasteiger partial charge is 0.331 e. The van der Waals surface area contributed by atoms with Crippen LogP contribution in [0.25, 0.3) is 21.8 Å². The molecule has 2 aliphatic heterocycles. The Morgan fingerprint density at radius 3 is 2.36 bits per heavy atom. The zero-order valence-electron chi connectivity index (χ0n) is 33.8. The van der Waals surface area contributed by atoms with E-state index in [0.29, 0.717) is 24.0 Å². The summed E-state index contributed by atoms with van der Waals surface area (Å²) in [5.41, 5.74) is 9.83. The van der Waals surface area contributed by atoms with E-state index in [1.165, 1.54) is 27.8 Å². The van der Waals surface area contributed by atoms with Crippen LogP contribution in [0.4, 0.5) is 11.4 Å². The van der Waals surface area contributed by atoms with Crippen molar-refractivity contribution in [2.45, 2.75) is 106 Å². The Kier molecular flexibility index (Phi) is 10.3. The quantitative estimate of drug-likeness (QED) is 0.143. The summed E-state index contributed by atoms with van der Waals surface area (Å²) in [6.07, 6.45) is 3.38. The lowest BCUT2D eigenvalue weighted by molar-refractivity contribution is -0.150. The van der Waals surface area contributed by atoms with Gasteiger partial charge in [-0.3, -0.25) is 0 Å². The van der Waals surface area contributed by atoms with E-state index in [0.717, 1.165) is 42.5 Å². The normalized spacial score (nSPS) is 23.8. The first-order valence-electron chi connectivity index (χ1n) is 19.8. The predicted octanol–water partition coefficient (Wildman–Crippen LogP) is 9.38. The number of carbonyl (C=O) groups is 1. The molecule has 4 aromatic rings. The summed E-state index contributed by atoms with van der Waals surface area (Å²) in [4.78, 5) is 30.5. The molecule has 3 aliphatic rings. The number of β-amino-alcohol motifs (C(OH)–C–C–N with tert-alkyl or cyclic N) is 1. The molecule has 0 bridgehead atoms. The number of esters is 1. The van der Waals surface area contributed by atoms with Gasteiger partial charge in [0.2, 0.25) is 5.70 Å². The molecule has 0 amide bonds. The Labute approximate surface area is 326 Å². The third-order valence-corrected chi connectivity index (χ3v) is 12.1. The maximum atomic E-state index is 14.3. The number of aliphatic imine (C=N–C) groups is 1. The summed E-state index contributed by atoms with van der Waals surface area (Å²) in [6, 6.07) is 18.8. The number of carbonyl (C=O) groups excluding carboxylic acids is 1. The number of rotatable bonds is 8. The fourth-order valence-electron chi connectivity index (χ4n) is 9.46. The first-order valence-corrected chi connectivity index (χ1v) is 19.8. The number of anilines is 1. The van der Waals surface area contributed by atoms with Crippen LogP contribution in [0.1, 0.15) is 106 Å². The molecule has 1 fully saturated rings. The molecular formula is C46H54N6O3. The summed E-state index contributed by atoms with van der Waals surface area (Å²) >= 11 is 0. The Morgan fingerprint density at radius 2 is 1.67 bits per heavy atom. The molecule has 3 atom stereocenters. The lowest BCUT2D eigenvalue weighted by atomic mass is 9.75. The highest BCUT2D eigenvalue weighted by molar-refractivity contribution is 6.29. The van der Waals surface area contributed by atoms with Crippen LogP contribution in [-0.4, -0.2) is 56.5 Å². The first-order chi connectivity index (χ1) is 26.2. The fraction of sp³-hybridized carbons (Fsp3) is 0.457. The van der Waals surface area contributed by atoms with E-state index in [1.807, 2.05) is 12.1 Å². The number of aliphatic hydroxyl groups is 1. The maximum absolute atomic E-state index is 14.3. The number of aliphatic hydroxyl groups excluding tert-OH is 1. The molecule has 0 saturated heterocycles. The molecule has 3 unspecified atom stereocenters. The highest BCUT2D eigenvalue weighted by Gasteiger charge is 2.41. The fourth-order valence-corrected chi connectivity index (χ4v) is 9.46. The molecule has 3 heterocycles. The van der Waals surface area contributed by atoms with E-state index in [9.17, 15) is 9.90 Å². The SMILES string of the molecule is [C-]#[N+]C1=C(C(=O)OC2C(C)CC(C)CC2C)c2nc(-c3ccc(C)c(Cc4cc(C)ccc4C)c3)nn2C1=Nc1ccc2c(c1)C(C)CC(C)(C)N2CCO. The molecule has 7 rings (SSSR count). The van der Waals surface area contributed by atoms with Gasteiger partial charge < -0.3 is 14.7 Å². The molecule has 55 heavy (non-hydrogen) atoms. The number of nitrogens with zero attached hydrogens (tertiary/aromatic N) is 6. The van der Waals surface area contributed by atoms with Gasteiger partial charge >= 0.3 is 5.97 Å². The minimum absolute atomic E-state index is 0.0578. The van der Waals surface area contributed by atoms with Crippen molar-refractivity contribution in [2.24, 2.45) is 22.7 Å². The van der Waals surface area contributed by atoms with Crippen LogP contribution in [0.15, 0.2) is 65.3 Å². The van der Waals surface area contributed by atoms with Gasteiger partial charge in [0.25, 0.3) is 0 Å². The molecule has 286 valence electrons. The van der Waals surface area contributed by atoms with Gasteiger partial charge in [0.05, 0.1) is 18.9 Å². The molecular weight excluding hydrogens is 685 g/mol. The molecule has 0 radical (unpaired) electrons. The van der Waals surface area contributed by atoms with E-state index in [1.54, 1.807) is 4.68 Å². The molecule has 1 aromatic heterocycles. The van der Waals surface area contributed by atoms with Gasteiger partial charge in [-0.05, 0) is 136 Å². The highest BCUT2D eigenvalue weighted by Crippen LogP contribution is 2.45. The summed E-state index contributed by atoms with van der Waals surface area (Å²) < 4.78 is 7.87. The minimum atomic E-state index is -0.560. The van der Waals surface area contributed by atoms with Crippen LogP contribution in [-0.2, 0) is 16.0 Å². The van der Waals surface area contributed by atoms with Crippen LogP contribution in [0.3, 0.4) is 0 Å². The third-order valence-electron chi connectivity index (χ3n) is 12.1. The third kappa shape index (κ3) is 7.25. The van der Waals surface area contributed by atoms with E-state index in [-0.39, 0.29) is 58.9 Å². The number of allylic oxidation sites excluding steroid dienone is 1. The Hall–Kier alpha value is -5.07. The van der Waals surface area contributed by atoms with Gasteiger partial charge in [0.15, 0.2) is 17.5 Å². The molecule has 9 heteroatoms. The molecule has 1 N–H and O–H groups in total. The summed E-state index contributed by atoms with van der Waals surface area (Å²) in [5.74, 6) is 1.62. The first kappa shape index (κ1) is 38.2. The number of aryl methyl sites for hydroxylation is 3. The van der Waals surface area contributed by atoms with Crippen LogP contribution < -0.4 is 4.90 Å². The van der Waals surface area contributed by atoms with Gasteiger partial charge in [-0.15, -0.1) is 5.10 Å². The number of fused-ring (bicyclic) bond motifs is 2. The Balaban J connectivity index is 1.33. The standard InChI is InChI=1S/C46H54N6O3/c1-26-11-12-28(3)34(21-26)23-35-22-33(14-13-29(35)4)42-49-43-39(45(54)55-41-30(5)19-27(2)20-31(41)6)40(47-10)44(52(43)50-42)48-36-15-16-38-37(24-36)32(7)25-46(8,9)51(38)17-18-53/h11-16,21-22,24,27,30-32,41,53H,17-20,23,25H2,1-9H3. The zero-order valence-corrected chi connectivity index (χ0v) is 33.8. The van der Waals surface area contributed by atoms with Crippen molar-refractivity contribution in [3.63, 3.8) is 0 Å². The maximum Gasteiger partial charge on any atom is 0.331 e. The second-order valence-corrected chi connectivity index (χ2v) is 17.1. The van der Waals surface area contributed by atoms with Crippen molar-refractivity contribution >= 4 is 28.8 Å². The van der Waals surface area contributed by atoms with Crippen molar-refractivity contribution in [1.82, 2.24) is 14.8 Å². The number of ether oxygens (including phenoxy) is 1. The molecule has 1 aliphatic carbocycles. The topological polar surface area (TPSA) is 97.2 Å². The van der Waals surface area contributed by atoms with Gasteiger partial charge in [-0.25, -0.2) is 24.3 Å². The van der Waals surface area contributed by atoms with Gasteiger partial charge in [-0.1, -0.05) is 63.6 Å². The lowest BCUT2D eigenvalue weighted by Crippen LogP contribution is -2.49. The van der Waals surface area contributed by atoms with E-state index < -0.39 is 5.97 Å². The van der Waals surface area contributed by atoms with Crippen LogP contribution >= 0.6 is 0 Å². The van der Waals surface area contributed by atoms with E-state index in [4.69, 9.17) is 26.4 Å². The average molecular weight is 739 g/mol. The van der Waals surface area contributed by atoms with Crippen molar-refractivity contribution in [2.75, 3.05) is 18.1 Å². The molecule has 0 spiro atoms. The predicted molar refractivity (Wildman–Crippen MR) is 220 cm³/mol. The van der Waals surface area contributed by atoms with Crippen molar-refractivity contribution in [1.29, 1.82) is 0 Å². The molecule has 9 nitrogen and oxygen atoms in total. The molecule has 3 aromatic carbocycles.